The molecule has 28 heavy (non-hydrogen) atoms. The van der Waals surface area contributed by atoms with Gasteiger partial charge in [0.2, 0.25) is 11.1 Å². The maximum atomic E-state index is 12.9. The van der Waals surface area contributed by atoms with Crippen LogP contribution in [0.4, 0.5) is 0 Å². The molecule has 2 aromatic carbocycles. The molecule has 144 valence electrons. The number of rotatable bonds is 5. The summed E-state index contributed by atoms with van der Waals surface area (Å²) in [5, 5.41) is 12.1. The van der Waals surface area contributed by atoms with E-state index in [1.54, 1.807) is 0 Å². The molecule has 1 amide bonds. The summed E-state index contributed by atoms with van der Waals surface area (Å²) in [6.07, 6.45) is 0. The number of carbonyl (C=O) groups excluding carboxylic acids is 1. The molecule has 3 aromatic rings. The van der Waals surface area contributed by atoms with Crippen LogP contribution in [0.2, 0.25) is 0 Å². The minimum absolute atomic E-state index is 0.00978. The van der Waals surface area contributed by atoms with Crippen molar-refractivity contribution in [3.05, 3.63) is 66.2 Å². The molecule has 0 radical (unpaired) electrons. The molecule has 1 aliphatic heterocycles. The fourth-order valence-electron chi connectivity index (χ4n) is 3.15. The Kier molecular flexibility index (Phi) is 5.34. The topological polar surface area (TPSA) is 71.8 Å². The highest BCUT2D eigenvalue weighted by Crippen LogP contribution is 2.38. The average Bonchev–Trinajstić information content (AvgIpc) is 3.15. The van der Waals surface area contributed by atoms with Gasteiger partial charge in [-0.25, -0.2) is 4.68 Å². The van der Waals surface area contributed by atoms with Crippen molar-refractivity contribution < 1.29 is 4.79 Å². The average molecular weight is 394 g/mol. The highest BCUT2D eigenvalue weighted by molar-refractivity contribution is 8.00. The third kappa shape index (κ3) is 3.75. The van der Waals surface area contributed by atoms with Crippen LogP contribution >= 0.6 is 11.8 Å². The van der Waals surface area contributed by atoms with E-state index in [1.165, 1.54) is 11.8 Å². The second-order valence-electron chi connectivity index (χ2n) is 7.20. The maximum absolute atomic E-state index is 12.9. The minimum Gasteiger partial charge on any atom is -0.355 e. The SMILES string of the molecule is CC(C)CNC(=O)[C@H]1Sc2nnc(-c3ccccc3)n2N[C@H]1c1ccccc1. The predicted molar refractivity (Wildman–Crippen MR) is 111 cm³/mol. The van der Waals surface area contributed by atoms with E-state index in [9.17, 15) is 4.79 Å². The van der Waals surface area contributed by atoms with Crippen molar-refractivity contribution in [3.8, 4) is 11.4 Å². The van der Waals surface area contributed by atoms with Crippen LogP contribution in [0.3, 0.4) is 0 Å². The number of nitrogens with one attached hydrogen (secondary N) is 2. The Morgan fingerprint density at radius 1 is 1.11 bits per heavy atom. The Bertz CT molecular complexity index is 942. The van der Waals surface area contributed by atoms with Gasteiger partial charge in [0.15, 0.2) is 5.82 Å². The first-order chi connectivity index (χ1) is 13.6. The third-order valence-electron chi connectivity index (χ3n) is 4.57. The number of hydrogen-bond acceptors (Lipinski definition) is 5. The Morgan fingerprint density at radius 3 is 2.46 bits per heavy atom. The highest BCUT2D eigenvalue weighted by atomic mass is 32.2. The number of fused-ring (bicyclic) bond motifs is 1. The molecule has 2 N–H and O–H groups in total. The Morgan fingerprint density at radius 2 is 1.79 bits per heavy atom. The standard InChI is InChI=1S/C21H23N5OS/c1-14(2)13-22-20(27)18-17(15-9-5-3-6-10-15)25-26-19(23-24-21(26)28-18)16-11-7-4-8-12-16/h3-12,14,17-18,25H,13H2,1-2H3,(H,22,27)/t17-,18-/m0/s1. The Hall–Kier alpha value is -2.80. The zero-order valence-corrected chi connectivity index (χ0v) is 16.7. The molecule has 0 unspecified atom stereocenters. The van der Waals surface area contributed by atoms with E-state index in [4.69, 9.17) is 0 Å². The summed E-state index contributed by atoms with van der Waals surface area (Å²) in [6, 6.07) is 19.8. The molecule has 2 atom stereocenters. The molecule has 0 fully saturated rings. The number of nitrogens with zero attached hydrogens (tertiary/aromatic N) is 3. The molecule has 0 bridgehead atoms. The van der Waals surface area contributed by atoms with E-state index >= 15 is 0 Å². The van der Waals surface area contributed by atoms with Crippen molar-refractivity contribution >= 4 is 17.7 Å². The Labute approximate surface area is 168 Å². The van der Waals surface area contributed by atoms with Gasteiger partial charge in [-0.3, -0.25) is 4.79 Å². The quantitative estimate of drug-likeness (QED) is 0.694. The molecule has 2 heterocycles. The van der Waals surface area contributed by atoms with E-state index in [1.807, 2.05) is 65.3 Å². The van der Waals surface area contributed by atoms with E-state index < -0.39 is 0 Å². The van der Waals surface area contributed by atoms with Crippen molar-refractivity contribution in [1.82, 2.24) is 20.2 Å². The van der Waals surface area contributed by atoms with Gasteiger partial charge in [-0.15, -0.1) is 10.2 Å². The number of carbonyl (C=O) groups is 1. The lowest BCUT2D eigenvalue weighted by molar-refractivity contribution is -0.121. The fraction of sp³-hybridized carbons (Fsp3) is 0.286. The molecular weight excluding hydrogens is 370 g/mol. The first kappa shape index (κ1) is 18.6. The molecule has 4 rings (SSSR count). The van der Waals surface area contributed by atoms with Gasteiger partial charge in [0, 0.05) is 12.1 Å². The van der Waals surface area contributed by atoms with E-state index in [0.717, 1.165) is 17.0 Å². The van der Waals surface area contributed by atoms with Crippen LogP contribution in [0.5, 0.6) is 0 Å². The van der Waals surface area contributed by atoms with Gasteiger partial charge in [0.1, 0.15) is 5.25 Å². The van der Waals surface area contributed by atoms with E-state index in [0.29, 0.717) is 17.6 Å². The summed E-state index contributed by atoms with van der Waals surface area (Å²) in [4.78, 5) is 12.9. The summed E-state index contributed by atoms with van der Waals surface area (Å²) in [6.45, 7) is 4.83. The lowest BCUT2D eigenvalue weighted by atomic mass is 10.0. The fourth-order valence-corrected chi connectivity index (χ4v) is 4.25. The smallest absolute Gasteiger partial charge is 0.236 e. The lowest BCUT2D eigenvalue weighted by Crippen LogP contribution is -2.44. The van der Waals surface area contributed by atoms with Crippen molar-refractivity contribution in [2.24, 2.45) is 5.92 Å². The number of hydrogen-bond donors (Lipinski definition) is 2. The predicted octanol–water partition coefficient (Wildman–Crippen LogP) is 3.48. The zero-order chi connectivity index (χ0) is 19.5. The van der Waals surface area contributed by atoms with Gasteiger partial charge < -0.3 is 10.7 Å². The monoisotopic (exact) mass is 393 g/mol. The van der Waals surface area contributed by atoms with Gasteiger partial charge in [-0.05, 0) is 11.5 Å². The normalized spacial score (nSPS) is 18.4. The van der Waals surface area contributed by atoms with Gasteiger partial charge in [-0.2, -0.15) is 0 Å². The molecular formula is C21H23N5OS. The Balaban J connectivity index is 1.69. The van der Waals surface area contributed by atoms with Crippen LogP contribution in [0, 0.1) is 5.92 Å². The highest BCUT2D eigenvalue weighted by Gasteiger charge is 2.37. The van der Waals surface area contributed by atoms with Crippen molar-refractivity contribution in [3.63, 3.8) is 0 Å². The van der Waals surface area contributed by atoms with Crippen molar-refractivity contribution in [1.29, 1.82) is 0 Å². The van der Waals surface area contributed by atoms with Crippen LogP contribution in [-0.4, -0.2) is 32.6 Å². The van der Waals surface area contributed by atoms with Crippen LogP contribution in [0.15, 0.2) is 65.8 Å². The maximum Gasteiger partial charge on any atom is 0.236 e. The molecule has 7 heteroatoms. The second-order valence-corrected chi connectivity index (χ2v) is 8.31. The molecule has 0 saturated heterocycles. The van der Waals surface area contributed by atoms with Gasteiger partial charge >= 0.3 is 0 Å². The largest absolute Gasteiger partial charge is 0.355 e. The first-order valence-electron chi connectivity index (χ1n) is 9.40. The summed E-state index contributed by atoms with van der Waals surface area (Å²) in [5.74, 6) is 1.15. The van der Waals surface area contributed by atoms with Crippen LogP contribution in [0.25, 0.3) is 11.4 Å². The lowest BCUT2D eigenvalue weighted by Gasteiger charge is -2.33. The van der Waals surface area contributed by atoms with E-state index in [-0.39, 0.29) is 17.2 Å². The molecule has 0 spiro atoms. The summed E-state index contributed by atoms with van der Waals surface area (Å²) in [5.41, 5.74) is 5.52. The zero-order valence-electron chi connectivity index (χ0n) is 15.9. The minimum atomic E-state index is -0.332. The van der Waals surface area contributed by atoms with Gasteiger partial charge in [-0.1, -0.05) is 86.3 Å². The number of thioether (sulfide) groups is 1. The van der Waals surface area contributed by atoms with Crippen molar-refractivity contribution in [2.75, 3.05) is 12.0 Å². The number of amides is 1. The molecule has 0 saturated carbocycles. The summed E-state index contributed by atoms with van der Waals surface area (Å²) >= 11 is 1.45. The van der Waals surface area contributed by atoms with Gasteiger partial charge in [0.25, 0.3) is 0 Å². The van der Waals surface area contributed by atoms with Crippen LogP contribution < -0.4 is 10.7 Å². The second kappa shape index (κ2) is 8.06. The number of benzene rings is 2. The number of aromatic nitrogens is 3. The third-order valence-corrected chi connectivity index (χ3v) is 5.79. The summed E-state index contributed by atoms with van der Waals surface area (Å²) in [7, 11) is 0. The van der Waals surface area contributed by atoms with Gasteiger partial charge in [0.05, 0.1) is 6.04 Å². The van der Waals surface area contributed by atoms with Crippen molar-refractivity contribution in [2.45, 2.75) is 30.3 Å². The van der Waals surface area contributed by atoms with Crippen LogP contribution in [-0.2, 0) is 4.79 Å². The molecule has 1 aromatic heterocycles. The first-order valence-corrected chi connectivity index (χ1v) is 10.3. The van der Waals surface area contributed by atoms with E-state index in [2.05, 4.69) is 34.8 Å². The molecule has 6 nitrogen and oxygen atoms in total. The molecule has 0 aliphatic carbocycles. The molecule has 1 aliphatic rings. The summed E-state index contributed by atoms with van der Waals surface area (Å²) < 4.78 is 1.89. The van der Waals surface area contributed by atoms with Crippen LogP contribution in [0.1, 0.15) is 25.5 Å².